The zero-order valence-electron chi connectivity index (χ0n) is 14.2. The highest BCUT2D eigenvalue weighted by atomic mass is 16.5. The van der Waals surface area contributed by atoms with Crippen LogP contribution in [0.1, 0.15) is 37.0 Å². The van der Waals surface area contributed by atoms with Gasteiger partial charge < -0.3 is 14.5 Å². The van der Waals surface area contributed by atoms with Crippen molar-refractivity contribution in [2.24, 2.45) is 5.92 Å². The van der Waals surface area contributed by atoms with Crippen molar-refractivity contribution < 1.29 is 14.3 Å². The summed E-state index contributed by atoms with van der Waals surface area (Å²) in [5, 5.41) is 0. The molecule has 0 radical (unpaired) electrons. The Morgan fingerprint density at radius 1 is 1.09 bits per heavy atom. The monoisotopic (exact) mass is 318 g/mol. The van der Waals surface area contributed by atoms with E-state index in [0.29, 0.717) is 31.7 Å². The average Bonchev–Trinajstić information content (AvgIpc) is 2.61. The van der Waals surface area contributed by atoms with E-state index in [9.17, 15) is 9.59 Å². The van der Waals surface area contributed by atoms with E-state index in [2.05, 4.69) is 6.92 Å². The number of carbonyl (C=O) groups excluding carboxylic acids is 2. The number of nitrogens with zero attached hydrogens (tertiary/aromatic N) is 2. The minimum Gasteiger partial charge on any atom is -0.497 e. The molecule has 5 nitrogen and oxygen atoms in total. The molecule has 2 amide bonds. The van der Waals surface area contributed by atoms with E-state index in [-0.39, 0.29) is 17.7 Å². The third-order valence-electron chi connectivity index (χ3n) is 4.36. The van der Waals surface area contributed by atoms with Gasteiger partial charge in [0.15, 0.2) is 0 Å². The second-order valence-electron chi connectivity index (χ2n) is 6.04. The zero-order chi connectivity index (χ0) is 16.8. The van der Waals surface area contributed by atoms with E-state index in [0.717, 1.165) is 18.6 Å². The van der Waals surface area contributed by atoms with Gasteiger partial charge >= 0.3 is 0 Å². The number of amides is 2. The largest absolute Gasteiger partial charge is 0.497 e. The molecule has 2 rings (SSSR count). The molecule has 1 heterocycles. The highest BCUT2D eigenvalue weighted by Gasteiger charge is 2.26. The molecule has 5 heteroatoms. The lowest BCUT2D eigenvalue weighted by Gasteiger charge is -2.36. The molecule has 1 aliphatic heterocycles. The fourth-order valence-electron chi connectivity index (χ4n) is 2.91. The number of methoxy groups -OCH3 is 1. The van der Waals surface area contributed by atoms with Gasteiger partial charge in [-0.2, -0.15) is 0 Å². The molecule has 0 aliphatic carbocycles. The Kier molecular flexibility index (Phi) is 6.02. The van der Waals surface area contributed by atoms with E-state index in [1.807, 2.05) is 16.7 Å². The molecule has 126 valence electrons. The molecule has 1 aromatic rings. The Bertz CT molecular complexity index is 534. The van der Waals surface area contributed by atoms with Crippen molar-refractivity contribution in [1.82, 2.24) is 9.80 Å². The van der Waals surface area contributed by atoms with Crippen molar-refractivity contribution in [1.29, 1.82) is 0 Å². The van der Waals surface area contributed by atoms with Crippen molar-refractivity contribution in [3.8, 4) is 5.75 Å². The van der Waals surface area contributed by atoms with Crippen LogP contribution in [0.4, 0.5) is 0 Å². The highest BCUT2D eigenvalue weighted by Crippen LogP contribution is 2.16. The van der Waals surface area contributed by atoms with Gasteiger partial charge in [0.1, 0.15) is 5.75 Å². The van der Waals surface area contributed by atoms with Crippen molar-refractivity contribution in [2.75, 3.05) is 33.3 Å². The summed E-state index contributed by atoms with van der Waals surface area (Å²) < 4.78 is 5.11. The van der Waals surface area contributed by atoms with Gasteiger partial charge in [0.25, 0.3) is 5.91 Å². The number of hydrogen-bond acceptors (Lipinski definition) is 3. The number of rotatable bonds is 5. The first-order valence-corrected chi connectivity index (χ1v) is 8.29. The number of hydrogen-bond donors (Lipinski definition) is 0. The molecular weight excluding hydrogens is 292 g/mol. The Morgan fingerprint density at radius 3 is 2.17 bits per heavy atom. The molecule has 1 atom stereocenters. The maximum Gasteiger partial charge on any atom is 0.253 e. The maximum absolute atomic E-state index is 12.5. The zero-order valence-corrected chi connectivity index (χ0v) is 14.2. The van der Waals surface area contributed by atoms with Crippen LogP contribution in [-0.2, 0) is 4.79 Å². The number of ether oxygens (including phenoxy) is 1. The molecule has 1 aromatic carbocycles. The lowest BCUT2D eigenvalue weighted by molar-refractivity contribution is -0.136. The van der Waals surface area contributed by atoms with E-state index < -0.39 is 0 Å². The predicted molar refractivity (Wildman–Crippen MR) is 89.5 cm³/mol. The number of carbonyl (C=O) groups is 2. The molecule has 1 unspecified atom stereocenters. The highest BCUT2D eigenvalue weighted by molar-refractivity contribution is 5.94. The quantitative estimate of drug-likeness (QED) is 0.838. The van der Waals surface area contributed by atoms with Gasteiger partial charge in [0.05, 0.1) is 7.11 Å². The minimum atomic E-state index is 0.0151. The van der Waals surface area contributed by atoms with Crippen LogP contribution in [-0.4, -0.2) is 54.9 Å². The SMILES string of the molecule is CCCC(C)C(=O)N1CCN(C(=O)c2ccc(OC)cc2)CC1. The van der Waals surface area contributed by atoms with Crippen LogP contribution in [0.5, 0.6) is 5.75 Å². The van der Waals surface area contributed by atoms with E-state index in [1.54, 1.807) is 31.4 Å². The first-order valence-electron chi connectivity index (χ1n) is 8.29. The molecular formula is C18H26N2O3. The Hall–Kier alpha value is -2.04. The average molecular weight is 318 g/mol. The van der Waals surface area contributed by atoms with E-state index >= 15 is 0 Å². The minimum absolute atomic E-state index is 0.0151. The summed E-state index contributed by atoms with van der Waals surface area (Å²) in [5.74, 6) is 1.04. The number of benzene rings is 1. The van der Waals surface area contributed by atoms with Crippen LogP contribution in [0.15, 0.2) is 24.3 Å². The Morgan fingerprint density at radius 2 is 1.65 bits per heavy atom. The summed E-state index contributed by atoms with van der Waals surface area (Å²) in [7, 11) is 1.60. The van der Waals surface area contributed by atoms with Crippen LogP contribution in [0, 0.1) is 5.92 Å². The third kappa shape index (κ3) is 4.24. The normalized spacial score (nSPS) is 16.1. The smallest absolute Gasteiger partial charge is 0.253 e. The van der Waals surface area contributed by atoms with Gasteiger partial charge in [0, 0.05) is 37.7 Å². The fourth-order valence-corrected chi connectivity index (χ4v) is 2.91. The van der Waals surface area contributed by atoms with Crippen LogP contribution in [0.2, 0.25) is 0 Å². The molecule has 0 saturated carbocycles. The van der Waals surface area contributed by atoms with Gasteiger partial charge in [-0.1, -0.05) is 20.3 Å². The van der Waals surface area contributed by atoms with Gasteiger partial charge in [-0.3, -0.25) is 9.59 Å². The summed E-state index contributed by atoms with van der Waals surface area (Å²) in [6.07, 6.45) is 1.94. The molecule has 0 spiro atoms. The van der Waals surface area contributed by atoms with Crippen molar-refractivity contribution >= 4 is 11.8 Å². The Balaban J connectivity index is 1.90. The Labute approximate surface area is 138 Å². The lowest BCUT2D eigenvalue weighted by Crippen LogP contribution is -2.51. The van der Waals surface area contributed by atoms with Gasteiger partial charge in [0.2, 0.25) is 5.91 Å². The molecule has 1 fully saturated rings. The lowest BCUT2D eigenvalue weighted by atomic mass is 10.0. The third-order valence-corrected chi connectivity index (χ3v) is 4.36. The van der Waals surface area contributed by atoms with Crippen molar-refractivity contribution in [2.45, 2.75) is 26.7 Å². The second-order valence-corrected chi connectivity index (χ2v) is 6.04. The fraction of sp³-hybridized carbons (Fsp3) is 0.556. The summed E-state index contributed by atoms with van der Waals surface area (Å²) in [6, 6.07) is 7.14. The number of piperazine rings is 1. The van der Waals surface area contributed by atoms with Crippen molar-refractivity contribution in [3.63, 3.8) is 0 Å². The van der Waals surface area contributed by atoms with Crippen LogP contribution in [0.25, 0.3) is 0 Å². The van der Waals surface area contributed by atoms with Gasteiger partial charge in [-0.15, -0.1) is 0 Å². The topological polar surface area (TPSA) is 49.9 Å². The standard InChI is InChI=1S/C18H26N2O3/c1-4-5-14(2)17(21)19-10-12-20(13-11-19)18(22)15-6-8-16(23-3)9-7-15/h6-9,14H,4-5,10-13H2,1-3H3. The van der Waals surface area contributed by atoms with Gasteiger partial charge in [-0.25, -0.2) is 0 Å². The molecule has 0 N–H and O–H groups in total. The molecule has 0 bridgehead atoms. The van der Waals surface area contributed by atoms with E-state index in [4.69, 9.17) is 4.74 Å². The predicted octanol–water partition coefficient (Wildman–Crippen LogP) is 2.42. The molecule has 1 aliphatic rings. The van der Waals surface area contributed by atoms with Gasteiger partial charge in [-0.05, 0) is 30.7 Å². The first-order chi connectivity index (χ1) is 11.1. The van der Waals surface area contributed by atoms with Crippen LogP contribution in [0.3, 0.4) is 0 Å². The summed E-state index contributed by atoms with van der Waals surface area (Å²) in [4.78, 5) is 28.5. The summed E-state index contributed by atoms with van der Waals surface area (Å²) in [5.41, 5.74) is 0.657. The van der Waals surface area contributed by atoms with Crippen LogP contribution >= 0.6 is 0 Å². The molecule has 1 saturated heterocycles. The van der Waals surface area contributed by atoms with E-state index in [1.165, 1.54) is 0 Å². The summed E-state index contributed by atoms with van der Waals surface area (Å²) in [6.45, 7) is 6.50. The maximum atomic E-state index is 12.5. The molecule has 23 heavy (non-hydrogen) atoms. The first kappa shape index (κ1) is 17.3. The van der Waals surface area contributed by atoms with Crippen LogP contribution < -0.4 is 4.74 Å². The molecule has 0 aromatic heterocycles. The summed E-state index contributed by atoms with van der Waals surface area (Å²) >= 11 is 0. The second kappa shape index (κ2) is 7.99. The van der Waals surface area contributed by atoms with Crippen molar-refractivity contribution in [3.05, 3.63) is 29.8 Å².